The minimum Gasteiger partial charge on any atom is -0.304 e. The van der Waals surface area contributed by atoms with Crippen LogP contribution in [-0.2, 0) is 10.0 Å². The molecule has 5 heteroatoms. The molecule has 1 atom stereocenters. The van der Waals surface area contributed by atoms with Crippen molar-refractivity contribution < 1.29 is 8.42 Å². The standard InChI is InChI=1S/C15H26N2O2S/c1-4-14(12-13-17(5-2)6-3)16-20(18,19)15-10-8-7-9-11-15/h7-11,14,16H,4-6,12-13H2,1-3H3/t14-/m0/s1. The first kappa shape index (κ1) is 17.1. The van der Waals surface area contributed by atoms with Crippen LogP contribution >= 0.6 is 0 Å². The van der Waals surface area contributed by atoms with E-state index in [1.54, 1.807) is 24.3 Å². The van der Waals surface area contributed by atoms with Gasteiger partial charge in [0, 0.05) is 6.04 Å². The highest BCUT2D eigenvalue weighted by atomic mass is 32.2. The third-order valence-electron chi connectivity index (χ3n) is 3.56. The molecule has 0 saturated heterocycles. The van der Waals surface area contributed by atoms with Gasteiger partial charge in [-0.2, -0.15) is 0 Å². The summed E-state index contributed by atoms with van der Waals surface area (Å²) < 4.78 is 27.3. The largest absolute Gasteiger partial charge is 0.304 e. The number of rotatable bonds is 9. The molecule has 114 valence electrons. The van der Waals surface area contributed by atoms with Gasteiger partial charge in [-0.3, -0.25) is 0 Å². The summed E-state index contributed by atoms with van der Waals surface area (Å²) in [5.41, 5.74) is 0. The molecule has 4 nitrogen and oxygen atoms in total. The molecule has 0 heterocycles. The zero-order valence-corrected chi connectivity index (χ0v) is 13.5. The van der Waals surface area contributed by atoms with E-state index in [1.807, 2.05) is 13.0 Å². The lowest BCUT2D eigenvalue weighted by Gasteiger charge is -2.22. The van der Waals surface area contributed by atoms with E-state index in [9.17, 15) is 8.42 Å². The number of hydrogen-bond acceptors (Lipinski definition) is 3. The maximum atomic E-state index is 12.3. The average molecular weight is 298 g/mol. The van der Waals surface area contributed by atoms with Gasteiger partial charge in [0.25, 0.3) is 0 Å². The molecule has 0 spiro atoms. The van der Waals surface area contributed by atoms with Crippen molar-refractivity contribution in [2.24, 2.45) is 0 Å². The molecule has 1 aromatic carbocycles. The monoisotopic (exact) mass is 298 g/mol. The van der Waals surface area contributed by atoms with Gasteiger partial charge in [-0.1, -0.05) is 39.0 Å². The lowest BCUT2D eigenvalue weighted by atomic mass is 10.1. The van der Waals surface area contributed by atoms with Crippen molar-refractivity contribution in [1.82, 2.24) is 9.62 Å². The fourth-order valence-corrected chi connectivity index (χ4v) is 3.49. The average Bonchev–Trinajstić information content (AvgIpc) is 2.47. The van der Waals surface area contributed by atoms with Gasteiger partial charge in [0.05, 0.1) is 4.90 Å². The second kappa shape index (κ2) is 8.39. The Bertz CT molecular complexity index is 470. The van der Waals surface area contributed by atoms with Gasteiger partial charge >= 0.3 is 0 Å². The smallest absolute Gasteiger partial charge is 0.240 e. The Morgan fingerprint density at radius 2 is 1.70 bits per heavy atom. The van der Waals surface area contributed by atoms with E-state index >= 15 is 0 Å². The molecule has 0 radical (unpaired) electrons. The zero-order chi connectivity index (χ0) is 15.0. The summed E-state index contributed by atoms with van der Waals surface area (Å²) in [6, 6.07) is 8.53. The Labute approximate surface area is 123 Å². The second-order valence-electron chi connectivity index (χ2n) is 4.86. The lowest BCUT2D eigenvalue weighted by Crippen LogP contribution is -2.37. The Balaban J connectivity index is 2.64. The SMILES string of the molecule is CC[C@@H](CCN(CC)CC)NS(=O)(=O)c1ccccc1. The summed E-state index contributed by atoms with van der Waals surface area (Å²) in [5, 5.41) is 0. The first-order valence-electron chi connectivity index (χ1n) is 7.33. The third kappa shape index (κ3) is 5.23. The molecule has 0 bridgehead atoms. The first-order chi connectivity index (χ1) is 9.53. The molecule has 0 aliphatic rings. The van der Waals surface area contributed by atoms with E-state index in [1.165, 1.54) is 0 Å². The third-order valence-corrected chi connectivity index (χ3v) is 5.09. The van der Waals surface area contributed by atoms with E-state index < -0.39 is 10.0 Å². The van der Waals surface area contributed by atoms with Crippen LogP contribution in [0.1, 0.15) is 33.6 Å². The minimum absolute atomic E-state index is 0.0131. The number of hydrogen-bond donors (Lipinski definition) is 1. The van der Waals surface area contributed by atoms with Crippen LogP contribution in [0.15, 0.2) is 35.2 Å². The van der Waals surface area contributed by atoms with E-state index in [4.69, 9.17) is 0 Å². The predicted molar refractivity (Wildman–Crippen MR) is 83.2 cm³/mol. The van der Waals surface area contributed by atoms with Gasteiger partial charge in [-0.25, -0.2) is 13.1 Å². The van der Waals surface area contributed by atoms with Crippen molar-refractivity contribution in [2.75, 3.05) is 19.6 Å². The van der Waals surface area contributed by atoms with Gasteiger partial charge in [0.1, 0.15) is 0 Å². The van der Waals surface area contributed by atoms with Crippen LogP contribution in [0.4, 0.5) is 0 Å². The second-order valence-corrected chi connectivity index (χ2v) is 6.57. The Kier molecular flexibility index (Phi) is 7.19. The molecule has 0 amide bonds. The molecule has 20 heavy (non-hydrogen) atoms. The van der Waals surface area contributed by atoms with Crippen molar-refractivity contribution in [2.45, 2.75) is 44.6 Å². The van der Waals surface area contributed by atoms with Gasteiger partial charge < -0.3 is 4.90 Å². The fraction of sp³-hybridized carbons (Fsp3) is 0.600. The molecule has 1 aromatic rings. The molecule has 0 unspecified atom stereocenters. The van der Waals surface area contributed by atoms with Crippen molar-refractivity contribution in [3.63, 3.8) is 0 Å². The van der Waals surface area contributed by atoms with Crippen LogP contribution in [-0.4, -0.2) is 39.0 Å². The maximum Gasteiger partial charge on any atom is 0.240 e. The van der Waals surface area contributed by atoms with E-state index in [0.29, 0.717) is 4.90 Å². The molecule has 0 saturated carbocycles. The van der Waals surface area contributed by atoms with Gasteiger partial charge in [0.15, 0.2) is 0 Å². The summed E-state index contributed by atoms with van der Waals surface area (Å²) in [7, 11) is -3.40. The summed E-state index contributed by atoms with van der Waals surface area (Å²) in [6.07, 6.45) is 1.64. The normalized spacial score (nSPS) is 13.6. The van der Waals surface area contributed by atoms with Gasteiger partial charge in [-0.15, -0.1) is 0 Å². The predicted octanol–water partition coefficient (Wildman–Crippen LogP) is 2.48. The summed E-state index contributed by atoms with van der Waals surface area (Å²) >= 11 is 0. The molecule has 1 rings (SSSR count). The molecule has 0 aliphatic heterocycles. The summed E-state index contributed by atoms with van der Waals surface area (Å²) in [5.74, 6) is 0. The Morgan fingerprint density at radius 1 is 1.10 bits per heavy atom. The number of benzene rings is 1. The number of sulfonamides is 1. The number of nitrogens with one attached hydrogen (secondary N) is 1. The highest BCUT2D eigenvalue weighted by Gasteiger charge is 2.18. The minimum atomic E-state index is -3.40. The number of nitrogens with zero attached hydrogens (tertiary/aromatic N) is 1. The Morgan fingerprint density at radius 3 is 2.20 bits per heavy atom. The van der Waals surface area contributed by atoms with Gasteiger partial charge in [0.2, 0.25) is 10.0 Å². The highest BCUT2D eigenvalue weighted by molar-refractivity contribution is 7.89. The first-order valence-corrected chi connectivity index (χ1v) is 8.81. The topological polar surface area (TPSA) is 49.4 Å². The van der Waals surface area contributed by atoms with Crippen molar-refractivity contribution in [1.29, 1.82) is 0 Å². The van der Waals surface area contributed by atoms with Crippen molar-refractivity contribution in [3.05, 3.63) is 30.3 Å². The van der Waals surface area contributed by atoms with E-state index in [2.05, 4.69) is 23.5 Å². The molecular weight excluding hydrogens is 272 g/mol. The van der Waals surface area contributed by atoms with Crippen LogP contribution < -0.4 is 4.72 Å². The molecule has 0 aliphatic carbocycles. The Hall–Kier alpha value is -0.910. The van der Waals surface area contributed by atoms with Gasteiger partial charge in [-0.05, 0) is 44.6 Å². The zero-order valence-electron chi connectivity index (χ0n) is 12.7. The molecule has 1 N–H and O–H groups in total. The quantitative estimate of drug-likeness (QED) is 0.762. The molecular formula is C15H26N2O2S. The fourth-order valence-electron chi connectivity index (χ4n) is 2.11. The summed E-state index contributed by atoms with van der Waals surface area (Å²) in [6.45, 7) is 9.18. The van der Waals surface area contributed by atoms with Crippen molar-refractivity contribution in [3.8, 4) is 0 Å². The van der Waals surface area contributed by atoms with Crippen LogP contribution in [0.5, 0.6) is 0 Å². The highest BCUT2D eigenvalue weighted by Crippen LogP contribution is 2.10. The van der Waals surface area contributed by atoms with Crippen LogP contribution in [0.25, 0.3) is 0 Å². The lowest BCUT2D eigenvalue weighted by molar-refractivity contribution is 0.285. The van der Waals surface area contributed by atoms with Crippen LogP contribution in [0.3, 0.4) is 0 Å². The summed E-state index contributed by atoms with van der Waals surface area (Å²) in [4.78, 5) is 2.64. The maximum absolute atomic E-state index is 12.3. The van der Waals surface area contributed by atoms with E-state index in [0.717, 1.165) is 32.5 Å². The molecule has 0 aromatic heterocycles. The molecule has 0 fully saturated rings. The van der Waals surface area contributed by atoms with Crippen molar-refractivity contribution >= 4 is 10.0 Å². The van der Waals surface area contributed by atoms with E-state index in [-0.39, 0.29) is 6.04 Å². The van der Waals surface area contributed by atoms with Crippen LogP contribution in [0.2, 0.25) is 0 Å². The van der Waals surface area contributed by atoms with Crippen LogP contribution in [0, 0.1) is 0 Å².